The highest BCUT2D eigenvalue weighted by Crippen LogP contribution is 2.19. The molecule has 0 atom stereocenters. The molecule has 2 aromatic rings. The number of ether oxygens (including phenoxy) is 1. The molecule has 0 aromatic carbocycles. The van der Waals surface area contributed by atoms with E-state index in [2.05, 4.69) is 28.8 Å². The molecule has 2 N–H and O–H groups in total. The van der Waals surface area contributed by atoms with Crippen molar-refractivity contribution in [1.82, 2.24) is 15.0 Å². The highest BCUT2D eigenvalue weighted by atomic mass is 32.1. The third-order valence-corrected chi connectivity index (χ3v) is 3.98. The minimum Gasteiger partial charge on any atom is -0.490 e. The van der Waals surface area contributed by atoms with Crippen molar-refractivity contribution in [2.45, 2.75) is 39.7 Å². The number of rotatable bonds is 6. The minimum absolute atomic E-state index is 0.286. The van der Waals surface area contributed by atoms with Crippen LogP contribution in [-0.2, 0) is 13.0 Å². The van der Waals surface area contributed by atoms with Gasteiger partial charge in [-0.15, -0.1) is 11.3 Å². The molecular weight excluding hydrogens is 272 g/mol. The molecule has 6 heteroatoms. The molecule has 0 aliphatic heterocycles. The Balaban J connectivity index is 2.00. The van der Waals surface area contributed by atoms with Gasteiger partial charge in [0.1, 0.15) is 5.82 Å². The van der Waals surface area contributed by atoms with Crippen LogP contribution in [0.1, 0.15) is 41.9 Å². The lowest BCUT2D eigenvalue weighted by Gasteiger charge is -2.11. The normalized spacial score (nSPS) is 11.1. The summed E-state index contributed by atoms with van der Waals surface area (Å²) in [5.41, 5.74) is 9.43. The lowest BCUT2D eigenvalue weighted by molar-refractivity contribution is 0.315. The number of aryl methyl sites for hydroxylation is 1. The van der Waals surface area contributed by atoms with Crippen LogP contribution in [0.4, 0.5) is 0 Å². The van der Waals surface area contributed by atoms with Gasteiger partial charge < -0.3 is 10.5 Å². The van der Waals surface area contributed by atoms with Crippen molar-refractivity contribution in [3.8, 4) is 5.75 Å². The van der Waals surface area contributed by atoms with Crippen LogP contribution in [-0.4, -0.2) is 21.6 Å². The average Bonchev–Trinajstić information content (AvgIpc) is 2.84. The molecule has 108 valence electrons. The number of aromatic nitrogens is 3. The van der Waals surface area contributed by atoms with Crippen molar-refractivity contribution in [1.29, 1.82) is 0 Å². The van der Waals surface area contributed by atoms with Gasteiger partial charge in [0.25, 0.3) is 0 Å². The Bertz CT molecular complexity index is 568. The first-order chi connectivity index (χ1) is 9.61. The molecule has 2 aromatic heterocycles. The Kier molecular flexibility index (Phi) is 5.03. The molecule has 0 unspecified atom stereocenters. The molecular formula is C14H20N4OS. The van der Waals surface area contributed by atoms with Crippen LogP contribution in [0, 0.1) is 6.92 Å². The van der Waals surface area contributed by atoms with E-state index in [1.165, 1.54) is 4.88 Å². The maximum Gasteiger partial charge on any atom is 0.160 e. The third-order valence-electron chi connectivity index (χ3n) is 2.99. The Morgan fingerprint density at radius 2 is 2.15 bits per heavy atom. The molecule has 0 aliphatic carbocycles. The van der Waals surface area contributed by atoms with Gasteiger partial charge in [-0.05, 0) is 6.92 Å². The summed E-state index contributed by atoms with van der Waals surface area (Å²) in [5, 5.41) is 0. The predicted octanol–water partition coefficient (Wildman–Crippen LogP) is 2.45. The van der Waals surface area contributed by atoms with E-state index in [0.717, 1.165) is 23.6 Å². The van der Waals surface area contributed by atoms with Gasteiger partial charge in [0, 0.05) is 23.8 Å². The maximum absolute atomic E-state index is 5.76. The molecule has 0 fully saturated rings. The topological polar surface area (TPSA) is 73.9 Å². The Hall–Kier alpha value is -1.53. The standard InChI is InChI=1S/C14H20N4OS/c1-9(2)14-16-7-12(11(6-15)18-14)19-5-4-13-10(3)17-8-20-13/h7-9H,4-6,15H2,1-3H3. The smallest absolute Gasteiger partial charge is 0.160 e. The van der Waals surface area contributed by atoms with E-state index in [9.17, 15) is 0 Å². The third kappa shape index (κ3) is 3.52. The second kappa shape index (κ2) is 6.76. The molecule has 2 heterocycles. The first-order valence-corrected chi connectivity index (χ1v) is 7.57. The lowest BCUT2D eigenvalue weighted by atomic mass is 10.2. The van der Waals surface area contributed by atoms with Crippen LogP contribution in [0.2, 0.25) is 0 Å². The molecule has 0 saturated heterocycles. The predicted molar refractivity (Wildman–Crippen MR) is 80.1 cm³/mol. The fourth-order valence-corrected chi connectivity index (χ4v) is 2.55. The van der Waals surface area contributed by atoms with E-state index in [1.54, 1.807) is 17.5 Å². The number of hydrogen-bond donors (Lipinski definition) is 1. The largest absolute Gasteiger partial charge is 0.490 e. The van der Waals surface area contributed by atoms with Crippen molar-refractivity contribution < 1.29 is 4.74 Å². The zero-order chi connectivity index (χ0) is 14.5. The van der Waals surface area contributed by atoms with Crippen LogP contribution in [0.3, 0.4) is 0 Å². The molecule has 20 heavy (non-hydrogen) atoms. The van der Waals surface area contributed by atoms with E-state index in [-0.39, 0.29) is 5.92 Å². The summed E-state index contributed by atoms with van der Waals surface area (Å²) in [6, 6.07) is 0. The summed E-state index contributed by atoms with van der Waals surface area (Å²) in [5.74, 6) is 1.77. The van der Waals surface area contributed by atoms with Crippen molar-refractivity contribution in [2.75, 3.05) is 6.61 Å². The monoisotopic (exact) mass is 292 g/mol. The summed E-state index contributed by atoms with van der Waals surface area (Å²) in [6.45, 7) is 7.07. The van der Waals surface area contributed by atoms with Gasteiger partial charge in [0.2, 0.25) is 0 Å². The highest BCUT2D eigenvalue weighted by Gasteiger charge is 2.10. The Morgan fingerprint density at radius 1 is 1.35 bits per heavy atom. The van der Waals surface area contributed by atoms with Gasteiger partial charge in [-0.2, -0.15) is 0 Å². The van der Waals surface area contributed by atoms with E-state index < -0.39 is 0 Å². The summed E-state index contributed by atoms with van der Waals surface area (Å²) >= 11 is 1.65. The molecule has 0 bridgehead atoms. The van der Waals surface area contributed by atoms with Crippen LogP contribution in [0.15, 0.2) is 11.7 Å². The fourth-order valence-electron chi connectivity index (χ4n) is 1.79. The van der Waals surface area contributed by atoms with E-state index in [0.29, 0.717) is 18.9 Å². The number of nitrogens with zero attached hydrogens (tertiary/aromatic N) is 3. The highest BCUT2D eigenvalue weighted by molar-refractivity contribution is 7.09. The van der Waals surface area contributed by atoms with Crippen molar-refractivity contribution in [3.05, 3.63) is 33.8 Å². The maximum atomic E-state index is 5.76. The molecule has 2 rings (SSSR count). The van der Waals surface area contributed by atoms with Gasteiger partial charge in [0.05, 0.1) is 29.7 Å². The zero-order valence-electron chi connectivity index (χ0n) is 12.1. The second-order valence-electron chi connectivity index (χ2n) is 4.86. The van der Waals surface area contributed by atoms with Crippen LogP contribution in [0.25, 0.3) is 0 Å². The van der Waals surface area contributed by atoms with E-state index >= 15 is 0 Å². The fraction of sp³-hybridized carbons (Fsp3) is 0.500. The SMILES string of the molecule is Cc1ncsc1CCOc1cnc(C(C)C)nc1CN. The quantitative estimate of drug-likeness (QED) is 0.885. The minimum atomic E-state index is 0.286. The first kappa shape index (κ1) is 14.9. The van der Waals surface area contributed by atoms with Crippen molar-refractivity contribution in [3.63, 3.8) is 0 Å². The summed E-state index contributed by atoms with van der Waals surface area (Å²) in [7, 11) is 0. The van der Waals surface area contributed by atoms with Crippen molar-refractivity contribution in [2.24, 2.45) is 5.73 Å². The van der Waals surface area contributed by atoms with Crippen LogP contribution < -0.4 is 10.5 Å². The Morgan fingerprint density at radius 3 is 2.75 bits per heavy atom. The lowest BCUT2D eigenvalue weighted by Crippen LogP contribution is -2.10. The molecule has 0 aliphatic rings. The zero-order valence-corrected chi connectivity index (χ0v) is 12.9. The Labute approximate surface area is 123 Å². The van der Waals surface area contributed by atoms with Gasteiger partial charge in [-0.1, -0.05) is 13.8 Å². The molecule has 0 radical (unpaired) electrons. The van der Waals surface area contributed by atoms with Gasteiger partial charge in [-0.3, -0.25) is 0 Å². The van der Waals surface area contributed by atoms with Gasteiger partial charge in [0.15, 0.2) is 5.75 Å². The van der Waals surface area contributed by atoms with Crippen LogP contribution in [0.5, 0.6) is 5.75 Å². The van der Waals surface area contributed by atoms with E-state index in [4.69, 9.17) is 10.5 Å². The molecule has 0 amide bonds. The van der Waals surface area contributed by atoms with Crippen LogP contribution >= 0.6 is 11.3 Å². The number of thiazole rings is 1. The summed E-state index contributed by atoms with van der Waals surface area (Å²) in [6.07, 6.45) is 2.57. The number of hydrogen-bond acceptors (Lipinski definition) is 6. The van der Waals surface area contributed by atoms with Crippen molar-refractivity contribution >= 4 is 11.3 Å². The van der Waals surface area contributed by atoms with Gasteiger partial charge >= 0.3 is 0 Å². The second-order valence-corrected chi connectivity index (χ2v) is 5.80. The summed E-state index contributed by atoms with van der Waals surface area (Å²) < 4.78 is 5.76. The molecule has 0 spiro atoms. The van der Waals surface area contributed by atoms with E-state index in [1.807, 2.05) is 12.4 Å². The van der Waals surface area contributed by atoms with Gasteiger partial charge in [-0.25, -0.2) is 15.0 Å². The average molecular weight is 292 g/mol. The molecule has 5 nitrogen and oxygen atoms in total. The molecule has 0 saturated carbocycles. The summed E-state index contributed by atoms with van der Waals surface area (Å²) in [4.78, 5) is 14.2. The number of nitrogens with two attached hydrogens (primary N) is 1. The first-order valence-electron chi connectivity index (χ1n) is 6.69.